The third-order valence-corrected chi connectivity index (χ3v) is 5.46. The number of aryl methyl sites for hydroxylation is 3. The third-order valence-electron chi connectivity index (χ3n) is 5.46. The van der Waals surface area contributed by atoms with E-state index in [2.05, 4.69) is 20.3 Å². The highest BCUT2D eigenvalue weighted by atomic mass is 16.5. The summed E-state index contributed by atoms with van der Waals surface area (Å²) in [7, 11) is 0. The molecule has 9 nitrogen and oxygen atoms in total. The SMILES string of the molecule is Cc1cc(Nc2nc(C)cc(C)n2)cc([C@@H]2CN(C(=O)CN3CCCC3=O)CCO2)n1. The maximum absolute atomic E-state index is 12.7. The van der Waals surface area contributed by atoms with Crippen LogP contribution in [-0.4, -0.2) is 69.4 Å². The molecule has 0 aliphatic carbocycles. The van der Waals surface area contributed by atoms with Crippen LogP contribution in [0.25, 0.3) is 0 Å². The number of likely N-dealkylation sites (tertiary alicyclic amines) is 1. The van der Waals surface area contributed by atoms with E-state index in [1.54, 1.807) is 9.80 Å². The molecule has 2 aliphatic heterocycles. The van der Waals surface area contributed by atoms with Crippen molar-refractivity contribution in [1.82, 2.24) is 24.8 Å². The maximum atomic E-state index is 12.7. The summed E-state index contributed by atoms with van der Waals surface area (Å²) in [6.45, 7) is 7.95. The second kappa shape index (κ2) is 8.97. The highest BCUT2D eigenvalue weighted by Gasteiger charge is 2.30. The zero-order chi connectivity index (χ0) is 22.0. The quantitative estimate of drug-likeness (QED) is 0.784. The number of amides is 2. The largest absolute Gasteiger partial charge is 0.368 e. The van der Waals surface area contributed by atoms with Crippen LogP contribution < -0.4 is 5.32 Å². The van der Waals surface area contributed by atoms with Gasteiger partial charge in [0.15, 0.2) is 0 Å². The Hall–Kier alpha value is -3.07. The van der Waals surface area contributed by atoms with Crippen LogP contribution in [0.1, 0.15) is 41.7 Å². The molecule has 1 N–H and O–H groups in total. The normalized spacial score (nSPS) is 19.1. The van der Waals surface area contributed by atoms with Gasteiger partial charge in [-0.05, 0) is 45.4 Å². The number of carbonyl (C=O) groups excluding carboxylic acids is 2. The highest BCUT2D eigenvalue weighted by Crippen LogP contribution is 2.25. The summed E-state index contributed by atoms with van der Waals surface area (Å²) in [5, 5.41) is 3.25. The molecule has 164 valence electrons. The van der Waals surface area contributed by atoms with Crippen LogP contribution in [0.5, 0.6) is 0 Å². The van der Waals surface area contributed by atoms with Crippen molar-refractivity contribution in [3.63, 3.8) is 0 Å². The Labute approximate surface area is 181 Å². The fraction of sp³-hybridized carbons (Fsp3) is 0.500. The molecule has 0 radical (unpaired) electrons. The topological polar surface area (TPSA) is 101 Å². The second-order valence-corrected chi connectivity index (χ2v) is 8.14. The molecule has 2 aromatic rings. The molecule has 2 saturated heterocycles. The van der Waals surface area contributed by atoms with Crippen LogP contribution in [0.2, 0.25) is 0 Å². The van der Waals surface area contributed by atoms with E-state index in [1.807, 2.05) is 39.0 Å². The van der Waals surface area contributed by atoms with E-state index in [0.29, 0.717) is 38.6 Å². The Morgan fingerprint density at radius 3 is 2.55 bits per heavy atom. The molecule has 4 rings (SSSR count). The standard InChI is InChI=1S/C22H28N6O3/c1-14-9-15(2)25-22(24-14)26-17-10-16(3)23-18(11-17)19-12-28(7-8-31-19)21(30)13-27-6-4-5-20(27)29/h9-11,19H,4-8,12-13H2,1-3H3,(H,23,24,25,26)/t19-/m0/s1. The van der Waals surface area contributed by atoms with E-state index in [9.17, 15) is 9.59 Å². The van der Waals surface area contributed by atoms with Crippen molar-refractivity contribution in [2.24, 2.45) is 0 Å². The summed E-state index contributed by atoms with van der Waals surface area (Å²) < 4.78 is 5.94. The fourth-order valence-electron chi connectivity index (χ4n) is 4.03. The number of carbonyl (C=O) groups is 2. The lowest BCUT2D eigenvalue weighted by Crippen LogP contribution is -2.47. The van der Waals surface area contributed by atoms with Gasteiger partial charge >= 0.3 is 0 Å². The lowest BCUT2D eigenvalue weighted by atomic mass is 10.1. The van der Waals surface area contributed by atoms with E-state index >= 15 is 0 Å². The molecule has 0 bridgehead atoms. The molecule has 31 heavy (non-hydrogen) atoms. The lowest BCUT2D eigenvalue weighted by molar-refractivity contribution is -0.143. The van der Waals surface area contributed by atoms with E-state index in [-0.39, 0.29) is 24.5 Å². The van der Waals surface area contributed by atoms with Crippen molar-refractivity contribution in [3.05, 3.63) is 41.0 Å². The predicted octanol–water partition coefficient (Wildman–Crippen LogP) is 2.06. The average molecular weight is 425 g/mol. The van der Waals surface area contributed by atoms with Crippen LogP contribution >= 0.6 is 0 Å². The molecule has 9 heteroatoms. The van der Waals surface area contributed by atoms with Gasteiger partial charge in [0.25, 0.3) is 0 Å². The maximum Gasteiger partial charge on any atom is 0.242 e. The number of aromatic nitrogens is 3. The summed E-state index contributed by atoms with van der Waals surface area (Å²) >= 11 is 0. The number of hydrogen-bond acceptors (Lipinski definition) is 7. The Morgan fingerprint density at radius 2 is 1.84 bits per heavy atom. The van der Waals surface area contributed by atoms with Crippen molar-refractivity contribution in [2.75, 3.05) is 38.1 Å². The van der Waals surface area contributed by atoms with Gasteiger partial charge in [0, 0.05) is 42.3 Å². The molecule has 0 aromatic carbocycles. The van der Waals surface area contributed by atoms with Crippen LogP contribution in [-0.2, 0) is 14.3 Å². The Bertz CT molecular complexity index is 975. The molecule has 2 aromatic heterocycles. The van der Waals surface area contributed by atoms with Crippen molar-refractivity contribution in [1.29, 1.82) is 0 Å². The summed E-state index contributed by atoms with van der Waals surface area (Å²) in [4.78, 5) is 41.5. The van der Waals surface area contributed by atoms with Crippen LogP contribution in [0.4, 0.5) is 11.6 Å². The minimum Gasteiger partial charge on any atom is -0.368 e. The number of nitrogens with one attached hydrogen (secondary N) is 1. The summed E-state index contributed by atoms with van der Waals surface area (Å²) in [6.07, 6.45) is 1.03. The number of anilines is 2. The summed E-state index contributed by atoms with van der Waals surface area (Å²) in [5.41, 5.74) is 4.19. The van der Waals surface area contributed by atoms with Gasteiger partial charge in [-0.25, -0.2) is 9.97 Å². The predicted molar refractivity (Wildman–Crippen MR) is 115 cm³/mol. The first-order valence-corrected chi connectivity index (χ1v) is 10.6. The fourth-order valence-corrected chi connectivity index (χ4v) is 4.03. The number of ether oxygens (including phenoxy) is 1. The van der Waals surface area contributed by atoms with Crippen molar-refractivity contribution in [2.45, 2.75) is 39.7 Å². The summed E-state index contributed by atoms with van der Waals surface area (Å²) in [5.74, 6) is 0.548. The van der Waals surface area contributed by atoms with E-state index in [0.717, 1.165) is 34.9 Å². The Kier molecular flexibility index (Phi) is 6.13. The Balaban J connectivity index is 1.47. The van der Waals surface area contributed by atoms with Crippen LogP contribution in [0.15, 0.2) is 18.2 Å². The zero-order valence-electron chi connectivity index (χ0n) is 18.2. The number of nitrogens with zero attached hydrogens (tertiary/aromatic N) is 5. The minimum absolute atomic E-state index is 0.0433. The minimum atomic E-state index is -0.326. The number of morpholine rings is 1. The molecule has 4 heterocycles. The highest BCUT2D eigenvalue weighted by molar-refractivity contribution is 5.86. The van der Waals surface area contributed by atoms with Crippen LogP contribution in [0, 0.1) is 20.8 Å². The monoisotopic (exact) mass is 424 g/mol. The third kappa shape index (κ3) is 5.16. The molecule has 2 amide bonds. The first-order chi connectivity index (χ1) is 14.9. The molecule has 0 saturated carbocycles. The van der Waals surface area contributed by atoms with Crippen molar-refractivity contribution < 1.29 is 14.3 Å². The molecule has 1 atom stereocenters. The molecule has 2 aliphatic rings. The second-order valence-electron chi connectivity index (χ2n) is 8.14. The smallest absolute Gasteiger partial charge is 0.242 e. The van der Waals surface area contributed by atoms with Gasteiger partial charge in [-0.3, -0.25) is 14.6 Å². The number of rotatable bonds is 5. The Morgan fingerprint density at radius 1 is 1.10 bits per heavy atom. The first-order valence-electron chi connectivity index (χ1n) is 10.6. The average Bonchev–Trinajstić information content (AvgIpc) is 3.11. The van der Waals surface area contributed by atoms with Gasteiger partial charge in [-0.2, -0.15) is 0 Å². The number of hydrogen-bond donors (Lipinski definition) is 1. The molecule has 0 unspecified atom stereocenters. The van der Waals surface area contributed by atoms with Gasteiger partial charge in [-0.1, -0.05) is 0 Å². The molecular formula is C22H28N6O3. The number of pyridine rings is 1. The van der Waals surface area contributed by atoms with Gasteiger partial charge in [0.1, 0.15) is 6.10 Å². The van der Waals surface area contributed by atoms with E-state index in [1.165, 1.54) is 0 Å². The van der Waals surface area contributed by atoms with E-state index < -0.39 is 0 Å². The molecule has 2 fully saturated rings. The van der Waals surface area contributed by atoms with Gasteiger partial charge in [-0.15, -0.1) is 0 Å². The van der Waals surface area contributed by atoms with Gasteiger partial charge < -0.3 is 19.9 Å². The van der Waals surface area contributed by atoms with Crippen LogP contribution in [0.3, 0.4) is 0 Å². The van der Waals surface area contributed by atoms with Crippen molar-refractivity contribution in [3.8, 4) is 0 Å². The van der Waals surface area contributed by atoms with Gasteiger partial charge in [0.2, 0.25) is 17.8 Å². The first kappa shape index (κ1) is 21.2. The zero-order valence-corrected chi connectivity index (χ0v) is 18.2. The lowest BCUT2D eigenvalue weighted by Gasteiger charge is -2.34. The van der Waals surface area contributed by atoms with Gasteiger partial charge in [0.05, 0.1) is 25.4 Å². The molecule has 0 spiro atoms. The molecular weight excluding hydrogens is 396 g/mol. The van der Waals surface area contributed by atoms with Crippen molar-refractivity contribution >= 4 is 23.5 Å². The van der Waals surface area contributed by atoms with E-state index in [4.69, 9.17) is 4.74 Å². The summed E-state index contributed by atoms with van der Waals surface area (Å²) in [6, 6.07) is 5.76.